The molecule has 2 N–H and O–H groups in total. The van der Waals surface area contributed by atoms with Gasteiger partial charge in [0.1, 0.15) is 11.6 Å². The van der Waals surface area contributed by atoms with Gasteiger partial charge in [-0.25, -0.2) is 8.78 Å². The zero-order valence-electron chi connectivity index (χ0n) is 11.6. The molecule has 1 aliphatic rings. The molecule has 2 rings (SSSR count). The summed E-state index contributed by atoms with van der Waals surface area (Å²) in [6.07, 6.45) is 2.84. The Kier molecular flexibility index (Phi) is 4.53. The van der Waals surface area contributed by atoms with Crippen molar-refractivity contribution in [2.45, 2.75) is 51.2 Å². The van der Waals surface area contributed by atoms with Gasteiger partial charge in [0.15, 0.2) is 0 Å². The molecule has 1 aromatic rings. The Morgan fingerprint density at radius 1 is 1.21 bits per heavy atom. The lowest BCUT2D eigenvalue weighted by molar-refractivity contribution is 0.137. The van der Waals surface area contributed by atoms with Crippen LogP contribution in [0.25, 0.3) is 0 Å². The highest BCUT2D eigenvalue weighted by atomic mass is 19.1. The second-order valence-electron chi connectivity index (χ2n) is 5.57. The van der Waals surface area contributed by atoms with Crippen molar-refractivity contribution < 1.29 is 8.78 Å². The molecule has 4 heteroatoms. The quantitative estimate of drug-likeness (QED) is 0.892. The first-order chi connectivity index (χ1) is 9.02. The molecule has 0 spiro atoms. The number of nitrogens with zero attached hydrogens (tertiary/aromatic N) is 1. The first kappa shape index (κ1) is 14.4. The van der Waals surface area contributed by atoms with Gasteiger partial charge >= 0.3 is 0 Å². The van der Waals surface area contributed by atoms with E-state index in [4.69, 9.17) is 5.73 Å². The Hall–Kier alpha value is -1.00. The molecule has 2 nitrogen and oxygen atoms in total. The van der Waals surface area contributed by atoms with Crippen LogP contribution in [-0.2, 0) is 0 Å². The van der Waals surface area contributed by atoms with Gasteiger partial charge in [0.05, 0.1) is 6.04 Å². The smallest absolute Gasteiger partial charge is 0.130 e. The third-order valence-corrected chi connectivity index (χ3v) is 3.93. The van der Waals surface area contributed by atoms with Gasteiger partial charge in [0.2, 0.25) is 0 Å². The van der Waals surface area contributed by atoms with Gasteiger partial charge < -0.3 is 5.73 Å². The highest BCUT2D eigenvalue weighted by Crippen LogP contribution is 2.33. The third kappa shape index (κ3) is 2.95. The van der Waals surface area contributed by atoms with Gasteiger partial charge in [-0.3, -0.25) is 4.90 Å². The van der Waals surface area contributed by atoms with Crippen molar-refractivity contribution in [1.29, 1.82) is 0 Å². The largest absolute Gasteiger partial charge is 0.326 e. The Morgan fingerprint density at radius 2 is 1.84 bits per heavy atom. The topological polar surface area (TPSA) is 29.3 Å². The van der Waals surface area contributed by atoms with Crippen molar-refractivity contribution in [2.75, 3.05) is 6.54 Å². The van der Waals surface area contributed by atoms with Crippen LogP contribution in [0.5, 0.6) is 0 Å². The average molecular weight is 268 g/mol. The van der Waals surface area contributed by atoms with Gasteiger partial charge in [-0.05, 0) is 45.4 Å². The summed E-state index contributed by atoms with van der Waals surface area (Å²) in [6.45, 7) is 4.93. The first-order valence-electron chi connectivity index (χ1n) is 6.97. The minimum absolute atomic E-state index is 0.130. The van der Waals surface area contributed by atoms with Crippen LogP contribution in [-0.4, -0.2) is 23.5 Å². The Bertz CT molecular complexity index is 414. The monoisotopic (exact) mass is 268 g/mol. The van der Waals surface area contributed by atoms with Crippen LogP contribution in [0.3, 0.4) is 0 Å². The van der Waals surface area contributed by atoms with Gasteiger partial charge in [0.25, 0.3) is 0 Å². The Labute approximate surface area is 113 Å². The summed E-state index contributed by atoms with van der Waals surface area (Å²) >= 11 is 0. The van der Waals surface area contributed by atoms with E-state index < -0.39 is 11.6 Å². The molecule has 106 valence electrons. The SMILES string of the molecule is CC(C)N1CCCCC(N)C1c1c(F)cccc1F. The fourth-order valence-corrected chi connectivity index (χ4v) is 2.97. The summed E-state index contributed by atoms with van der Waals surface area (Å²) in [4.78, 5) is 2.12. The van der Waals surface area contributed by atoms with E-state index in [-0.39, 0.29) is 23.7 Å². The lowest BCUT2D eigenvalue weighted by atomic mass is 9.94. The molecule has 2 atom stereocenters. The van der Waals surface area contributed by atoms with Crippen molar-refractivity contribution in [3.8, 4) is 0 Å². The Balaban J connectivity index is 2.46. The van der Waals surface area contributed by atoms with E-state index in [1.807, 2.05) is 13.8 Å². The molecule has 0 bridgehead atoms. The fourth-order valence-electron chi connectivity index (χ4n) is 2.97. The normalized spacial score (nSPS) is 25.6. The molecule has 0 aliphatic carbocycles. The van der Waals surface area contributed by atoms with Gasteiger partial charge in [-0.1, -0.05) is 12.5 Å². The number of benzene rings is 1. The Morgan fingerprint density at radius 3 is 2.42 bits per heavy atom. The molecule has 0 radical (unpaired) electrons. The maximum absolute atomic E-state index is 14.1. The summed E-state index contributed by atoms with van der Waals surface area (Å²) in [5, 5.41) is 0. The van der Waals surface area contributed by atoms with Crippen LogP contribution in [0.2, 0.25) is 0 Å². The minimum Gasteiger partial charge on any atom is -0.326 e. The second kappa shape index (κ2) is 5.97. The van der Waals surface area contributed by atoms with Crippen molar-refractivity contribution in [3.63, 3.8) is 0 Å². The predicted octanol–water partition coefficient (Wildman–Crippen LogP) is 3.23. The lowest BCUT2D eigenvalue weighted by Crippen LogP contribution is -2.44. The summed E-state index contributed by atoms with van der Waals surface area (Å²) in [6, 6.07) is 3.65. The molecule has 0 aromatic heterocycles. The van der Waals surface area contributed by atoms with E-state index in [0.717, 1.165) is 25.8 Å². The number of hydrogen-bond acceptors (Lipinski definition) is 2. The average Bonchev–Trinajstić information content (AvgIpc) is 2.52. The molecule has 0 amide bonds. The molecular formula is C15H22F2N2. The molecule has 2 unspecified atom stereocenters. The van der Waals surface area contributed by atoms with Gasteiger partial charge in [-0.2, -0.15) is 0 Å². The number of likely N-dealkylation sites (tertiary alicyclic amines) is 1. The number of nitrogens with two attached hydrogens (primary N) is 1. The molecule has 1 heterocycles. The van der Waals surface area contributed by atoms with Crippen LogP contribution in [0.15, 0.2) is 18.2 Å². The van der Waals surface area contributed by atoms with E-state index >= 15 is 0 Å². The number of rotatable bonds is 2. The summed E-state index contributed by atoms with van der Waals surface area (Å²) in [5.41, 5.74) is 6.33. The molecule has 0 saturated carbocycles. The molecule has 1 aliphatic heterocycles. The number of halogens is 2. The van der Waals surface area contributed by atoms with Gasteiger partial charge in [-0.15, -0.1) is 0 Å². The first-order valence-corrected chi connectivity index (χ1v) is 6.97. The maximum Gasteiger partial charge on any atom is 0.130 e. The summed E-state index contributed by atoms with van der Waals surface area (Å²) < 4.78 is 28.1. The van der Waals surface area contributed by atoms with Crippen LogP contribution in [0, 0.1) is 11.6 Å². The second-order valence-corrected chi connectivity index (χ2v) is 5.57. The fraction of sp³-hybridized carbons (Fsp3) is 0.600. The highest BCUT2D eigenvalue weighted by Gasteiger charge is 2.33. The van der Waals surface area contributed by atoms with Crippen LogP contribution in [0.1, 0.15) is 44.7 Å². The van der Waals surface area contributed by atoms with Crippen molar-refractivity contribution >= 4 is 0 Å². The summed E-state index contributed by atoms with van der Waals surface area (Å²) in [5.74, 6) is -0.985. The van der Waals surface area contributed by atoms with E-state index in [2.05, 4.69) is 4.90 Å². The molecule has 1 saturated heterocycles. The standard InChI is InChI=1S/C15H22F2N2/c1-10(2)19-9-4-3-8-13(18)15(19)14-11(16)6-5-7-12(14)17/h5-7,10,13,15H,3-4,8-9,18H2,1-2H3. The molecule has 1 aromatic carbocycles. The van der Waals surface area contributed by atoms with E-state index in [1.165, 1.54) is 18.2 Å². The molecule has 1 fully saturated rings. The highest BCUT2D eigenvalue weighted by molar-refractivity contribution is 5.25. The van der Waals surface area contributed by atoms with Crippen molar-refractivity contribution in [1.82, 2.24) is 4.90 Å². The molecule has 19 heavy (non-hydrogen) atoms. The maximum atomic E-state index is 14.1. The zero-order chi connectivity index (χ0) is 14.0. The van der Waals surface area contributed by atoms with Crippen molar-refractivity contribution in [2.24, 2.45) is 5.73 Å². The predicted molar refractivity (Wildman–Crippen MR) is 72.8 cm³/mol. The third-order valence-electron chi connectivity index (χ3n) is 3.93. The molecular weight excluding hydrogens is 246 g/mol. The van der Waals surface area contributed by atoms with E-state index in [0.29, 0.717) is 0 Å². The zero-order valence-corrected chi connectivity index (χ0v) is 11.6. The van der Waals surface area contributed by atoms with Crippen LogP contribution in [0.4, 0.5) is 8.78 Å². The van der Waals surface area contributed by atoms with Gasteiger partial charge in [0, 0.05) is 17.6 Å². The summed E-state index contributed by atoms with van der Waals surface area (Å²) in [7, 11) is 0. The minimum atomic E-state index is -0.493. The van der Waals surface area contributed by atoms with Crippen LogP contribution < -0.4 is 5.73 Å². The lowest BCUT2D eigenvalue weighted by Gasteiger charge is -2.37. The van der Waals surface area contributed by atoms with Crippen LogP contribution >= 0.6 is 0 Å². The number of hydrogen-bond donors (Lipinski definition) is 1. The van der Waals surface area contributed by atoms with E-state index in [1.54, 1.807) is 0 Å². The van der Waals surface area contributed by atoms with E-state index in [9.17, 15) is 8.78 Å². The van der Waals surface area contributed by atoms with Crippen molar-refractivity contribution in [3.05, 3.63) is 35.4 Å².